The van der Waals surface area contributed by atoms with Crippen LogP contribution in [0.5, 0.6) is 0 Å². The molecule has 24 heavy (non-hydrogen) atoms. The molecular weight excluding hydrogens is 380 g/mol. The SMILES string of the molecule is O=C(OCc1ccccc1)c1ccc(Br)cc1N1CCC(F)(F)C1. The van der Waals surface area contributed by atoms with Gasteiger partial charge in [0, 0.05) is 17.4 Å². The summed E-state index contributed by atoms with van der Waals surface area (Å²) in [4.78, 5) is 13.9. The minimum atomic E-state index is -2.73. The molecular formula is C18H16BrF2NO2. The van der Waals surface area contributed by atoms with Crippen LogP contribution < -0.4 is 4.90 Å². The topological polar surface area (TPSA) is 29.5 Å². The van der Waals surface area contributed by atoms with Crippen molar-refractivity contribution in [2.75, 3.05) is 18.0 Å². The van der Waals surface area contributed by atoms with Gasteiger partial charge in [-0.25, -0.2) is 13.6 Å². The first-order valence-electron chi connectivity index (χ1n) is 7.58. The number of esters is 1. The molecule has 0 amide bonds. The van der Waals surface area contributed by atoms with Crippen LogP contribution in [0.15, 0.2) is 53.0 Å². The standard InChI is InChI=1S/C18H16BrF2NO2/c19-14-6-7-15(16(10-14)22-9-8-18(20,21)12-22)17(23)24-11-13-4-2-1-3-5-13/h1-7,10H,8-9,11-12H2. The molecule has 2 aromatic carbocycles. The number of nitrogens with zero attached hydrogens (tertiary/aromatic N) is 1. The van der Waals surface area contributed by atoms with E-state index in [9.17, 15) is 13.6 Å². The Labute approximate surface area is 147 Å². The van der Waals surface area contributed by atoms with Gasteiger partial charge in [-0.3, -0.25) is 0 Å². The maximum absolute atomic E-state index is 13.5. The lowest BCUT2D eigenvalue weighted by atomic mass is 10.1. The highest BCUT2D eigenvalue weighted by atomic mass is 79.9. The molecule has 1 aliphatic heterocycles. The second-order valence-electron chi connectivity index (χ2n) is 5.75. The van der Waals surface area contributed by atoms with Gasteiger partial charge in [-0.15, -0.1) is 0 Å². The van der Waals surface area contributed by atoms with Crippen LogP contribution in [0, 0.1) is 0 Å². The largest absolute Gasteiger partial charge is 0.457 e. The fourth-order valence-corrected chi connectivity index (χ4v) is 3.03. The van der Waals surface area contributed by atoms with Gasteiger partial charge in [0.1, 0.15) is 6.61 Å². The molecule has 3 nitrogen and oxygen atoms in total. The van der Waals surface area contributed by atoms with Crippen LogP contribution in [0.1, 0.15) is 22.3 Å². The minimum Gasteiger partial charge on any atom is -0.457 e. The van der Waals surface area contributed by atoms with Crippen molar-refractivity contribution < 1.29 is 18.3 Å². The second-order valence-corrected chi connectivity index (χ2v) is 6.67. The van der Waals surface area contributed by atoms with Gasteiger partial charge in [0.15, 0.2) is 0 Å². The van der Waals surface area contributed by atoms with Crippen LogP contribution in [-0.4, -0.2) is 25.0 Å². The monoisotopic (exact) mass is 395 g/mol. The van der Waals surface area contributed by atoms with Crippen molar-refractivity contribution in [3.05, 3.63) is 64.1 Å². The molecule has 3 rings (SSSR count). The van der Waals surface area contributed by atoms with Gasteiger partial charge in [0.2, 0.25) is 0 Å². The Morgan fingerprint density at radius 1 is 1.21 bits per heavy atom. The van der Waals surface area contributed by atoms with E-state index in [0.29, 0.717) is 11.3 Å². The number of hydrogen-bond donors (Lipinski definition) is 0. The quantitative estimate of drug-likeness (QED) is 0.705. The number of alkyl halides is 2. The third kappa shape index (κ3) is 3.93. The van der Waals surface area contributed by atoms with Gasteiger partial charge in [0.05, 0.1) is 17.8 Å². The molecule has 0 N–H and O–H groups in total. The van der Waals surface area contributed by atoms with Gasteiger partial charge in [0.25, 0.3) is 5.92 Å². The Morgan fingerprint density at radius 3 is 2.62 bits per heavy atom. The fourth-order valence-electron chi connectivity index (χ4n) is 2.68. The lowest BCUT2D eigenvalue weighted by molar-refractivity contribution is 0.0256. The summed E-state index contributed by atoms with van der Waals surface area (Å²) in [7, 11) is 0. The van der Waals surface area contributed by atoms with E-state index < -0.39 is 11.9 Å². The maximum Gasteiger partial charge on any atom is 0.340 e. The number of rotatable bonds is 4. The Kier molecular flexibility index (Phi) is 4.85. The predicted octanol–water partition coefficient (Wildman–Crippen LogP) is 4.65. The van der Waals surface area contributed by atoms with Crippen molar-refractivity contribution in [3.8, 4) is 0 Å². The zero-order chi connectivity index (χ0) is 17.2. The maximum atomic E-state index is 13.5. The molecule has 1 saturated heterocycles. The Balaban J connectivity index is 1.78. The van der Waals surface area contributed by atoms with Gasteiger partial charge >= 0.3 is 5.97 Å². The summed E-state index contributed by atoms with van der Waals surface area (Å²) in [5, 5.41) is 0. The van der Waals surface area contributed by atoms with Crippen LogP contribution >= 0.6 is 15.9 Å². The second kappa shape index (κ2) is 6.89. The molecule has 0 radical (unpaired) electrons. The number of carbonyl (C=O) groups is 1. The Morgan fingerprint density at radius 2 is 1.96 bits per heavy atom. The first kappa shape index (κ1) is 16.9. The average Bonchev–Trinajstić information content (AvgIpc) is 2.93. The van der Waals surface area contributed by atoms with E-state index in [4.69, 9.17) is 4.74 Å². The number of carbonyl (C=O) groups excluding carboxylic acids is 1. The minimum absolute atomic E-state index is 0.144. The van der Waals surface area contributed by atoms with E-state index in [1.807, 2.05) is 30.3 Å². The summed E-state index contributed by atoms with van der Waals surface area (Å²) in [6, 6.07) is 14.3. The number of hydrogen-bond acceptors (Lipinski definition) is 3. The summed E-state index contributed by atoms with van der Waals surface area (Å²) in [5.41, 5.74) is 1.64. The van der Waals surface area contributed by atoms with E-state index in [2.05, 4.69) is 15.9 Å². The molecule has 1 fully saturated rings. The molecule has 1 heterocycles. The zero-order valence-corrected chi connectivity index (χ0v) is 14.4. The van der Waals surface area contributed by atoms with Crippen LogP contribution in [0.25, 0.3) is 0 Å². The van der Waals surface area contributed by atoms with Gasteiger partial charge < -0.3 is 9.64 Å². The molecule has 0 spiro atoms. The third-order valence-corrected chi connectivity index (χ3v) is 4.40. The molecule has 0 atom stereocenters. The highest BCUT2D eigenvalue weighted by molar-refractivity contribution is 9.10. The number of anilines is 1. The molecule has 1 aliphatic rings. The molecule has 6 heteroatoms. The van der Waals surface area contributed by atoms with Crippen LogP contribution in [-0.2, 0) is 11.3 Å². The zero-order valence-electron chi connectivity index (χ0n) is 12.8. The lowest BCUT2D eigenvalue weighted by Crippen LogP contribution is -2.26. The summed E-state index contributed by atoms with van der Waals surface area (Å²) in [5.74, 6) is -3.25. The van der Waals surface area contributed by atoms with Crippen LogP contribution in [0.2, 0.25) is 0 Å². The number of benzene rings is 2. The highest BCUT2D eigenvalue weighted by Crippen LogP contribution is 2.34. The number of halogens is 3. The first-order valence-corrected chi connectivity index (χ1v) is 8.37. The van der Waals surface area contributed by atoms with E-state index in [-0.39, 0.29) is 26.1 Å². The first-order chi connectivity index (χ1) is 11.4. The summed E-state index contributed by atoms with van der Waals surface area (Å²) >= 11 is 3.33. The van der Waals surface area contributed by atoms with E-state index in [1.54, 1.807) is 18.2 Å². The third-order valence-electron chi connectivity index (χ3n) is 3.90. The molecule has 0 bridgehead atoms. The molecule has 126 valence electrons. The average molecular weight is 396 g/mol. The Hall–Kier alpha value is -1.95. The summed E-state index contributed by atoms with van der Waals surface area (Å²) < 4.78 is 33.1. The van der Waals surface area contributed by atoms with Crippen molar-refractivity contribution >= 4 is 27.6 Å². The summed E-state index contributed by atoms with van der Waals surface area (Å²) in [6.45, 7) is -0.0316. The van der Waals surface area contributed by atoms with Crippen LogP contribution in [0.4, 0.5) is 14.5 Å². The smallest absolute Gasteiger partial charge is 0.340 e. The van der Waals surface area contributed by atoms with E-state index >= 15 is 0 Å². The number of ether oxygens (including phenoxy) is 1. The molecule has 0 aliphatic carbocycles. The predicted molar refractivity (Wildman–Crippen MR) is 91.5 cm³/mol. The molecule has 0 unspecified atom stereocenters. The molecule has 2 aromatic rings. The van der Waals surface area contributed by atoms with Crippen molar-refractivity contribution in [2.24, 2.45) is 0 Å². The van der Waals surface area contributed by atoms with Crippen LogP contribution in [0.3, 0.4) is 0 Å². The van der Waals surface area contributed by atoms with Gasteiger partial charge in [-0.1, -0.05) is 46.3 Å². The normalized spacial score (nSPS) is 16.2. The Bertz CT molecular complexity index is 737. The fraction of sp³-hybridized carbons (Fsp3) is 0.278. The molecule has 0 aromatic heterocycles. The lowest BCUT2D eigenvalue weighted by Gasteiger charge is -2.21. The van der Waals surface area contributed by atoms with Crippen molar-refractivity contribution in [2.45, 2.75) is 19.0 Å². The highest BCUT2D eigenvalue weighted by Gasteiger charge is 2.39. The molecule has 0 saturated carbocycles. The van der Waals surface area contributed by atoms with Gasteiger partial charge in [-0.2, -0.15) is 0 Å². The van der Waals surface area contributed by atoms with Gasteiger partial charge in [-0.05, 0) is 23.8 Å². The van der Waals surface area contributed by atoms with Crippen molar-refractivity contribution in [3.63, 3.8) is 0 Å². The summed E-state index contributed by atoms with van der Waals surface area (Å²) in [6.07, 6.45) is -0.210. The van der Waals surface area contributed by atoms with Crippen molar-refractivity contribution in [1.29, 1.82) is 0 Å². The van der Waals surface area contributed by atoms with Crippen molar-refractivity contribution in [1.82, 2.24) is 0 Å². The van der Waals surface area contributed by atoms with E-state index in [0.717, 1.165) is 10.0 Å². The van der Waals surface area contributed by atoms with E-state index in [1.165, 1.54) is 4.90 Å².